The molecule has 0 fully saturated rings. The molecule has 30 heavy (non-hydrogen) atoms. The number of benzene rings is 3. The van der Waals surface area contributed by atoms with Gasteiger partial charge in [0.15, 0.2) is 12.4 Å². The first-order valence-electron chi connectivity index (χ1n) is 9.31. The van der Waals surface area contributed by atoms with Gasteiger partial charge in [-0.2, -0.15) is 0 Å². The number of aromatic nitrogens is 1. The number of nitrogens with zero attached hydrogens (tertiary/aromatic N) is 2. The molecule has 0 atom stereocenters. The van der Waals surface area contributed by atoms with Crippen molar-refractivity contribution in [3.63, 3.8) is 0 Å². The highest BCUT2D eigenvalue weighted by molar-refractivity contribution is 7.16. The molecule has 0 aliphatic rings. The van der Waals surface area contributed by atoms with Crippen molar-refractivity contribution >= 4 is 33.2 Å². The zero-order chi connectivity index (χ0) is 20.9. The van der Waals surface area contributed by atoms with E-state index in [1.54, 1.807) is 36.4 Å². The third-order valence-electron chi connectivity index (χ3n) is 4.51. The predicted molar refractivity (Wildman–Crippen MR) is 116 cm³/mol. The molecular formula is C23H19N3O3S. The number of thiazole rings is 1. The van der Waals surface area contributed by atoms with Crippen molar-refractivity contribution in [1.29, 1.82) is 0 Å². The molecule has 0 aliphatic heterocycles. The van der Waals surface area contributed by atoms with Crippen LogP contribution in [0.3, 0.4) is 0 Å². The minimum Gasteiger partial charge on any atom is -0.484 e. The maximum Gasteiger partial charge on any atom is 0.278 e. The Morgan fingerprint density at radius 2 is 1.60 bits per heavy atom. The van der Waals surface area contributed by atoms with Gasteiger partial charge in [0.25, 0.3) is 5.91 Å². The summed E-state index contributed by atoms with van der Waals surface area (Å²) in [4.78, 5) is 25.2. The van der Waals surface area contributed by atoms with Crippen LogP contribution < -0.4 is 15.0 Å². The summed E-state index contributed by atoms with van der Waals surface area (Å²) in [6.07, 6.45) is 0. The number of hydrogen-bond acceptors (Lipinski definition) is 5. The number of rotatable bonds is 6. The zero-order valence-corrected chi connectivity index (χ0v) is 17.1. The molecule has 1 heterocycles. The quantitative estimate of drug-likeness (QED) is 0.386. The summed E-state index contributed by atoms with van der Waals surface area (Å²) in [5.41, 5.74) is 4.76. The molecule has 0 saturated carbocycles. The highest BCUT2D eigenvalue weighted by Gasteiger charge is 2.09. The first-order chi connectivity index (χ1) is 14.6. The van der Waals surface area contributed by atoms with Crippen LogP contribution in [0.4, 0.5) is 0 Å². The van der Waals surface area contributed by atoms with Gasteiger partial charge in [0.05, 0.1) is 10.2 Å². The number of aryl methyl sites for hydroxylation is 1. The summed E-state index contributed by atoms with van der Waals surface area (Å²) in [7, 11) is 1.90. The number of nitrogens with one attached hydrogen (secondary N) is 1. The van der Waals surface area contributed by atoms with E-state index in [4.69, 9.17) is 4.74 Å². The molecule has 1 N–H and O–H groups in total. The number of carbonyl (C=O) groups excluding carboxylic acids is 2. The van der Waals surface area contributed by atoms with E-state index >= 15 is 0 Å². The van der Waals surface area contributed by atoms with Crippen LogP contribution in [0.2, 0.25) is 0 Å². The second-order valence-electron chi connectivity index (χ2n) is 6.57. The van der Waals surface area contributed by atoms with Crippen LogP contribution in [0.1, 0.15) is 15.9 Å². The second-order valence-corrected chi connectivity index (χ2v) is 7.58. The Labute approximate surface area is 177 Å². The van der Waals surface area contributed by atoms with E-state index in [0.717, 1.165) is 10.2 Å². The Hall–Kier alpha value is -3.71. The summed E-state index contributed by atoms with van der Waals surface area (Å²) in [5.74, 6) is 0.0778. The third-order valence-corrected chi connectivity index (χ3v) is 5.63. The molecule has 4 rings (SSSR count). The molecule has 6 nitrogen and oxygen atoms in total. The van der Waals surface area contributed by atoms with Crippen molar-refractivity contribution in [3.8, 4) is 5.75 Å². The lowest BCUT2D eigenvalue weighted by Gasteiger charge is -2.06. The number of carbonyl (C=O) groups is 2. The normalized spacial score (nSPS) is 11.4. The van der Waals surface area contributed by atoms with Gasteiger partial charge < -0.3 is 9.30 Å². The molecule has 0 radical (unpaired) electrons. The molecule has 1 aromatic heterocycles. The topological polar surface area (TPSA) is 72.7 Å². The SMILES string of the molecule is Cn1/c(=N\NC(=O)COc2ccc(C(=O)c3ccccc3)cc2)sc2ccccc21. The average Bonchev–Trinajstić information content (AvgIpc) is 3.12. The van der Waals surface area contributed by atoms with Crippen LogP contribution in [0, 0.1) is 0 Å². The Balaban J connectivity index is 1.36. The van der Waals surface area contributed by atoms with Crippen LogP contribution in [0.5, 0.6) is 5.75 Å². The van der Waals surface area contributed by atoms with Gasteiger partial charge in [0, 0.05) is 18.2 Å². The molecule has 3 aromatic carbocycles. The lowest BCUT2D eigenvalue weighted by molar-refractivity contribution is -0.123. The second kappa shape index (κ2) is 8.75. The summed E-state index contributed by atoms with van der Waals surface area (Å²) in [5, 5.41) is 4.18. The molecule has 4 aromatic rings. The van der Waals surface area contributed by atoms with Crippen LogP contribution in [0.25, 0.3) is 10.2 Å². The zero-order valence-electron chi connectivity index (χ0n) is 16.2. The maximum absolute atomic E-state index is 12.4. The van der Waals surface area contributed by atoms with Crippen molar-refractivity contribution in [1.82, 2.24) is 9.99 Å². The van der Waals surface area contributed by atoms with E-state index in [1.165, 1.54) is 11.3 Å². The molecule has 0 aliphatic carbocycles. The average molecular weight is 417 g/mol. The predicted octanol–water partition coefficient (Wildman–Crippen LogP) is 3.48. The van der Waals surface area contributed by atoms with Gasteiger partial charge in [-0.15, -0.1) is 5.10 Å². The molecule has 0 unspecified atom stereocenters. The largest absolute Gasteiger partial charge is 0.484 e. The van der Waals surface area contributed by atoms with E-state index in [-0.39, 0.29) is 18.3 Å². The van der Waals surface area contributed by atoms with E-state index in [0.29, 0.717) is 21.7 Å². The first kappa shape index (κ1) is 19.6. The number of ether oxygens (including phenoxy) is 1. The number of fused-ring (bicyclic) bond motifs is 1. The van der Waals surface area contributed by atoms with Gasteiger partial charge in [0.1, 0.15) is 5.75 Å². The van der Waals surface area contributed by atoms with Gasteiger partial charge >= 0.3 is 0 Å². The highest BCUT2D eigenvalue weighted by atomic mass is 32.1. The van der Waals surface area contributed by atoms with Crippen LogP contribution >= 0.6 is 11.3 Å². The number of amides is 1. The van der Waals surface area contributed by atoms with E-state index < -0.39 is 0 Å². The summed E-state index contributed by atoms with van der Waals surface area (Å²) in [6.45, 7) is -0.177. The Bertz CT molecular complexity index is 1260. The van der Waals surface area contributed by atoms with Gasteiger partial charge in [-0.1, -0.05) is 53.8 Å². The monoisotopic (exact) mass is 417 g/mol. The summed E-state index contributed by atoms with van der Waals surface area (Å²) < 4.78 is 8.51. The first-order valence-corrected chi connectivity index (χ1v) is 10.1. The minimum atomic E-state index is -0.364. The van der Waals surface area contributed by atoms with Gasteiger partial charge in [-0.25, -0.2) is 5.43 Å². The Kier molecular flexibility index (Phi) is 5.72. The van der Waals surface area contributed by atoms with Gasteiger partial charge in [0.2, 0.25) is 4.80 Å². The molecule has 0 spiro atoms. The Morgan fingerprint density at radius 3 is 2.33 bits per heavy atom. The smallest absolute Gasteiger partial charge is 0.278 e. The summed E-state index contributed by atoms with van der Waals surface area (Å²) >= 11 is 1.49. The van der Waals surface area contributed by atoms with E-state index in [1.807, 2.05) is 54.1 Å². The van der Waals surface area contributed by atoms with Crippen molar-refractivity contribution in [2.45, 2.75) is 0 Å². The third kappa shape index (κ3) is 4.31. The fraction of sp³-hybridized carbons (Fsp3) is 0.0870. The number of hydrogen-bond donors (Lipinski definition) is 1. The van der Waals surface area contributed by atoms with E-state index in [9.17, 15) is 9.59 Å². The summed E-state index contributed by atoms with van der Waals surface area (Å²) in [6, 6.07) is 23.7. The van der Waals surface area contributed by atoms with Crippen molar-refractivity contribution in [2.75, 3.05) is 6.61 Å². The van der Waals surface area contributed by atoms with Gasteiger partial charge in [-0.05, 0) is 36.4 Å². The van der Waals surface area contributed by atoms with Crippen LogP contribution in [-0.4, -0.2) is 22.9 Å². The van der Waals surface area contributed by atoms with E-state index in [2.05, 4.69) is 10.5 Å². The fourth-order valence-corrected chi connectivity index (χ4v) is 3.92. The molecule has 150 valence electrons. The minimum absolute atomic E-state index is 0.0603. The van der Waals surface area contributed by atoms with Crippen LogP contribution in [-0.2, 0) is 11.8 Å². The van der Waals surface area contributed by atoms with Gasteiger partial charge in [-0.3, -0.25) is 9.59 Å². The molecule has 0 bridgehead atoms. The lowest BCUT2D eigenvalue weighted by Crippen LogP contribution is -2.27. The number of para-hydroxylation sites is 1. The van der Waals surface area contributed by atoms with Crippen molar-refractivity contribution in [3.05, 3.63) is 94.8 Å². The Morgan fingerprint density at radius 1 is 0.933 bits per heavy atom. The maximum atomic E-state index is 12.4. The standard InChI is InChI=1S/C23H19N3O3S/c1-26-19-9-5-6-10-20(19)30-23(26)25-24-21(27)15-29-18-13-11-17(12-14-18)22(28)16-7-3-2-4-8-16/h2-14H,15H2,1H3,(H,24,27)/b25-23+. The highest BCUT2D eigenvalue weighted by Crippen LogP contribution is 2.16. The molecule has 0 saturated heterocycles. The molecular weight excluding hydrogens is 398 g/mol. The van der Waals surface area contributed by atoms with Crippen LogP contribution in [0.15, 0.2) is 84.0 Å². The molecule has 7 heteroatoms. The lowest BCUT2D eigenvalue weighted by atomic mass is 10.0. The van der Waals surface area contributed by atoms with Crippen molar-refractivity contribution < 1.29 is 14.3 Å². The molecule has 1 amide bonds. The fourth-order valence-electron chi connectivity index (χ4n) is 2.94. The number of ketones is 1. The van der Waals surface area contributed by atoms with Crippen molar-refractivity contribution in [2.24, 2.45) is 12.1 Å².